The van der Waals surface area contributed by atoms with E-state index in [0.717, 1.165) is 18.7 Å². The molecule has 1 rings (SSSR count). The van der Waals surface area contributed by atoms with Crippen LogP contribution in [-0.4, -0.2) is 33.7 Å². The second kappa shape index (κ2) is 3.76. The lowest BCUT2D eigenvalue weighted by Crippen LogP contribution is -2.53. The van der Waals surface area contributed by atoms with Crippen molar-refractivity contribution in [2.24, 2.45) is 0 Å². The van der Waals surface area contributed by atoms with Gasteiger partial charge in [0.1, 0.15) is 6.23 Å². The molecule has 2 unspecified atom stereocenters. The van der Waals surface area contributed by atoms with E-state index in [2.05, 4.69) is 5.32 Å². The highest BCUT2D eigenvalue weighted by Gasteiger charge is 2.37. The molecule has 1 heterocycles. The Morgan fingerprint density at radius 1 is 1.82 bits per heavy atom. The second-order valence-electron chi connectivity index (χ2n) is 2.57. The maximum atomic E-state index is 9.73. The molecule has 4 heteroatoms. The Bertz CT molecular complexity index is 130. The standard InChI is InChI=1S/C7H14NO2S/c1-2-3-7(10)6(9)8-4-5-11-7/h3,6,8-10H,2,4-5H2,1H3. The second-order valence-corrected chi connectivity index (χ2v) is 3.92. The molecule has 3 N–H and O–H groups in total. The summed E-state index contributed by atoms with van der Waals surface area (Å²) in [5, 5.41) is 21.9. The van der Waals surface area contributed by atoms with E-state index < -0.39 is 11.2 Å². The summed E-state index contributed by atoms with van der Waals surface area (Å²) in [6.45, 7) is 2.70. The molecule has 0 spiro atoms. The van der Waals surface area contributed by atoms with Crippen LogP contribution in [0.3, 0.4) is 0 Å². The Kier molecular flexibility index (Phi) is 3.18. The fourth-order valence-electron chi connectivity index (χ4n) is 1.10. The van der Waals surface area contributed by atoms with E-state index in [9.17, 15) is 10.2 Å². The highest BCUT2D eigenvalue weighted by molar-refractivity contribution is 8.00. The van der Waals surface area contributed by atoms with Crippen LogP contribution in [0.1, 0.15) is 13.3 Å². The fraction of sp³-hybridized carbons (Fsp3) is 0.857. The molecule has 0 aromatic carbocycles. The minimum Gasteiger partial charge on any atom is -0.375 e. The highest BCUT2D eigenvalue weighted by Crippen LogP contribution is 2.31. The maximum Gasteiger partial charge on any atom is 0.152 e. The van der Waals surface area contributed by atoms with Crippen LogP contribution in [0.4, 0.5) is 0 Å². The van der Waals surface area contributed by atoms with E-state index in [4.69, 9.17) is 0 Å². The number of thioether (sulfide) groups is 1. The molecule has 0 bridgehead atoms. The molecule has 3 nitrogen and oxygen atoms in total. The summed E-state index contributed by atoms with van der Waals surface area (Å²) in [6.07, 6.45) is 1.68. The lowest BCUT2D eigenvalue weighted by atomic mass is 10.2. The minimum atomic E-state index is -1.08. The van der Waals surface area contributed by atoms with Crippen LogP contribution in [-0.2, 0) is 0 Å². The molecular formula is C7H14NO2S. The normalized spacial score (nSPS) is 39.0. The van der Waals surface area contributed by atoms with Gasteiger partial charge in [0, 0.05) is 18.7 Å². The predicted molar refractivity (Wildman–Crippen MR) is 46.0 cm³/mol. The lowest BCUT2D eigenvalue weighted by Gasteiger charge is -2.36. The first-order chi connectivity index (χ1) is 5.19. The molecule has 1 fully saturated rings. The molecule has 1 radical (unpaired) electrons. The van der Waals surface area contributed by atoms with Gasteiger partial charge >= 0.3 is 0 Å². The monoisotopic (exact) mass is 176 g/mol. The van der Waals surface area contributed by atoms with E-state index in [0.29, 0.717) is 0 Å². The van der Waals surface area contributed by atoms with Crippen LogP contribution in [0, 0.1) is 6.42 Å². The van der Waals surface area contributed by atoms with Crippen molar-refractivity contribution < 1.29 is 10.2 Å². The smallest absolute Gasteiger partial charge is 0.152 e. The van der Waals surface area contributed by atoms with Crippen molar-refractivity contribution in [3.63, 3.8) is 0 Å². The van der Waals surface area contributed by atoms with Gasteiger partial charge in [0.2, 0.25) is 0 Å². The van der Waals surface area contributed by atoms with Gasteiger partial charge in [-0.05, 0) is 6.42 Å². The molecule has 0 saturated carbocycles. The van der Waals surface area contributed by atoms with Gasteiger partial charge in [0.15, 0.2) is 4.93 Å². The van der Waals surface area contributed by atoms with Crippen LogP contribution >= 0.6 is 11.8 Å². The zero-order valence-corrected chi connectivity index (χ0v) is 7.40. The van der Waals surface area contributed by atoms with E-state index in [1.54, 1.807) is 6.42 Å². The van der Waals surface area contributed by atoms with Gasteiger partial charge in [-0.2, -0.15) is 0 Å². The Morgan fingerprint density at radius 2 is 2.55 bits per heavy atom. The molecule has 0 amide bonds. The Hall–Kier alpha value is 0.230. The molecular weight excluding hydrogens is 162 g/mol. The van der Waals surface area contributed by atoms with Gasteiger partial charge in [-0.1, -0.05) is 6.92 Å². The Morgan fingerprint density at radius 3 is 3.09 bits per heavy atom. The topological polar surface area (TPSA) is 52.5 Å². The number of aliphatic hydroxyl groups is 2. The first-order valence-corrected chi connectivity index (χ1v) is 4.80. The van der Waals surface area contributed by atoms with E-state index in [1.807, 2.05) is 6.92 Å². The number of nitrogens with one attached hydrogen (secondary N) is 1. The fourth-order valence-corrected chi connectivity index (χ4v) is 2.17. The van der Waals surface area contributed by atoms with Gasteiger partial charge in [0.25, 0.3) is 0 Å². The largest absolute Gasteiger partial charge is 0.375 e. The third-order valence-electron chi connectivity index (χ3n) is 1.66. The molecule has 2 atom stereocenters. The summed E-state index contributed by atoms with van der Waals surface area (Å²) in [7, 11) is 0. The average Bonchev–Trinajstić information content (AvgIpc) is 1.96. The van der Waals surface area contributed by atoms with Gasteiger partial charge in [-0.15, -0.1) is 11.8 Å². The van der Waals surface area contributed by atoms with Gasteiger partial charge in [-0.25, -0.2) is 0 Å². The minimum absolute atomic E-state index is 0.756. The molecule has 0 aromatic rings. The summed E-state index contributed by atoms with van der Waals surface area (Å²) in [5.41, 5.74) is 0. The number of hydrogen-bond acceptors (Lipinski definition) is 4. The first kappa shape index (κ1) is 9.32. The predicted octanol–water partition coefficient (Wildman–Crippen LogP) is -0.0559. The van der Waals surface area contributed by atoms with Gasteiger partial charge in [-0.3, -0.25) is 5.32 Å². The van der Waals surface area contributed by atoms with Crippen LogP contribution < -0.4 is 5.32 Å². The van der Waals surface area contributed by atoms with E-state index in [1.165, 1.54) is 11.8 Å². The van der Waals surface area contributed by atoms with Crippen molar-refractivity contribution in [1.29, 1.82) is 0 Å². The van der Waals surface area contributed by atoms with E-state index >= 15 is 0 Å². The number of rotatable bonds is 2. The van der Waals surface area contributed by atoms with Crippen molar-refractivity contribution in [3.8, 4) is 0 Å². The molecule has 11 heavy (non-hydrogen) atoms. The first-order valence-electron chi connectivity index (χ1n) is 3.81. The average molecular weight is 176 g/mol. The van der Waals surface area contributed by atoms with Crippen LogP contribution in [0.2, 0.25) is 0 Å². The van der Waals surface area contributed by atoms with Crippen LogP contribution in [0.5, 0.6) is 0 Å². The lowest BCUT2D eigenvalue weighted by molar-refractivity contribution is -0.0107. The summed E-state index contributed by atoms with van der Waals surface area (Å²) >= 11 is 1.39. The van der Waals surface area contributed by atoms with E-state index in [-0.39, 0.29) is 0 Å². The molecule has 65 valence electrons. The molecule has 0 aliphatic carbocycles. The van der Waals surface area contributed by atoms with Gasteiger partial charge in [0.05, 0.1) is 0 Å². The molecule has 1 saturated heterocycles. The quantitative estimate of drug-likeness (QED) is 0.552. The zero-order chi connectivity index (χ0) is 8.32. The van der Waals surface area contributed by atoms with Crippen molar-refractivity contribution in [3.05, 3.63) is 6.42 Å². The van der Waals surface area contributed by atoms with Crippen LogP contribution in [0.15, 0.2) is 0 Å². The van der Waals surface area contributed by atoms with Crippen molar-refractivity contribution in [1.82, 2.24) is 5.32 Å². The summed E-state index contributed by atoms with van der Waals surface area (Å²) in [5.74, 6) is 0.837. The maximum absolute atomic E-state index is 9.73. The van der Waals surface area contributed by atoms with Crippen LogP contribution in [0.25, 0.3) is 0 Å². The third kappa shape index (κ3) is 2.08. The SMILES string of the molecule is CC[CH]C1(O)SCCNC1O. The zero-order valence-electron chi connectivity index (χ0n) is 6.58. The van der Waals surface area contributed by atoms with Gasteiger partial charge < -0.3 is 10.2 Å². The molecule has 1 aliphatic heterocycles. The number of aliphatic hydroxyl groups excluding tert-OH is 1. The highest BCUT2D eigenvalue weighted by atomic mass is 32.2. The summed E-state index contributed by atoms with van der Waals surface area (Å²) < 4.78 is 0. The van der Waals surface area contributed by atoms with Crippen molar-refractivity contribution >= 4 is 11.8 Å². The Labute approximate surface area is 71.2 Å². The molecule has 0 aromatic heterocycles. The molecule has 1 aliphatic rings. The summed E-state index contributed by atoms with van der Waals surface area (Å²) in [4.78, 5) is -1.08. The third-order valence-corrected chi connectivity index (χ3v) is 2.92. The van der Waals surface area contributed by atoms with Crippen molar-refractivity contribution in [2.45, 2.75) is 24.5 Å². The van der Waals surface area contributed by atoms with Crippen molar-refractivity contribution in [2.75, 3.05) is 12.3 Å². The number of hydrogen-bond donors (Lipinski definition) is 3. The Balaban J connectivity index is 2.49. The summed E-state index contributed by atoms with van der Waals surface area (Å²) in [6, 6.07) is 0.